The Bertz CT molecular complexity index is 825. The van der Waals surface area contributed by atoms with E-state index in [1.807, 2.05) is 38.1 Å². The molecule has 0 aliphatic carbocycles. The molecule has 0 aromatic heterocycles. The summed E-state index contributed by atoms with van der Waals surface area (Å²) in [4.78, 5) is 11.9. The Morgan fingerprint density at radius 1 is 1.22 bits per heavy atom. The number of benzene rings is 2. The standard InChI is InChI=1S/C19H20Br2N2O4/c1-12(2)27-19-13(5-4-6-17(19)25-3)10-22-23-18(24)11-26-16-8-7-14(20)9-15(16)21/h4-10,12H,11H2,1-3H3,(H,23,24)/b22-10+. The van der Waals surface area contributed by atoms with Crippen LogP contribution in [0.1, 0.15) is 19.4 Å². The lowest BCUT2D eigenvalue weighted by Crippen LogP contribution is -2.24. The van der Waals surface area contributed by atoms with Crippen molar-refractivity contribution in [1.29, 1.82) is 0 Å². The predicted octanol–water partition coefficient (Wildman–Crippen LogP) is 4.54. The van der Waals surface area contributed by atoms with Gasteiger partial charge < -0.3 is 14.2 Å². The van der Waals surface area contributed by atoms with Gasteiger partial charge in [0, 0.05) is 10.0 Å². The molecule has 0 saturated carbocycles. The van der Waals surface area contributed by atoms with Crippen molar-refractivity contribution in [2.45, 2.75) is 20.0 Å². The highest BCUT2D eigenvalue weighted by Crippen LogP contribution is 2.31. The van der Waals surface area contributed by atoms with Crippen LogP contribution in [0.4, 0.5) is 0 Å². The highest BCUT2D eigenvalue weighted by molar-refractivity contribution is 9.11. The molecule has 1 N–H and O–H groups in total. The van der Waals surface area contributed by atoms with Gasteiger partial charge in [-0.05, 0) is 60.1 Å². The number of hydrogen-bond acceptors (Lipinski definition) is 5. The predicted molar refractivity (Wildman–Crippen MR) is 112 cm³/mol. The van der Waals surface area contributed by atoms with Gasteiger partial charge in [0.05, 0.1) is 23.9 Å². The van der Waals surface area contributed by atoms with E-state index in [-0.39, 0.29) is 18.6 Å². The molecule has 2 rings (SSSR count). The minimum atomic E-state index is -0.379. The van der Waals surface area contributed by atoms with E-state index in [1.165, 1.54) is 6.21 Å². The Morgan fingerprint density at radius 3 is 2.67 bits per heavy atom. The lowest BCUT2D eigenvalue weighted by atomic mass is 10.2. The van der Waals surface area contributed by atoms with Crippen LogP contribution in [0.5, 0.6) is 17.2 Å². The fraction of sp³-hybridized carbons (Fsp3) is 0.263. The summed E-state index contributed by atoms with van der Waals surface area (Å²) in [6.07, 6.45) is 1.48. The number of para-hydroxylation sites is 1. The summed E-state index contributed by atoms with van der Waals surface area (Å²) in [6, 6.07) is 10.9. The van der Waals surface area contributed by atoms with E-state index in [1.54, 1.807) is 19.2 Å². The van der Waals surface area contributed by atoms with Crippen LogP contribution >= 0.6 is 31.9 Å². The molecule has 2 aromatic carbocycles. The molecule has 0 spiro atoms. The van der Waals surface area contributed by atoms with Gasteiger partial charge in [0.2, 0.25) is 0 Å². The van der Waals surface area contributed by atoms with Gasteiger partial charge in [-0.25, -0.2) is 5.43 Å². The van der Waals surface area contributed by atoms with Gasteiger partial charge in [0.25, 0.3) is 5.91 Å². The van der Waals surface area contributed by atoms with Crippen LogP contribution in [0, 0.1) is 0 Å². The highest BCUT2D eigenvalue weighted by atomic mass is 79.9. The van der Waals surface area contributed by atoms with Gasteiger partial charge in [0.15, 0.2) is 18.1 Å². The lowest BCUT2D eigenvalue weighted by Gasteiger charge is -2.15. The zero-order valence-corrected chi connectivity index (χ0v) is 18.3. The van der Waals surface area contributed by atoms with Crippen LogP contribution in [0.2, 0.25) is 0 Å². The molecule has 1 amide bonds. The number of carbonyl (C=O) groups excluding carboxylic acids is 1. The van der Waals surface area contributed by atoms with Crippen molar-refractivity contribution in [3.63, 3.8) is 0 Å². The monoisotopic (exact) mass is 498 g/mol. The molecule has 0 heterocycles. The van der Waals surface area contributed by atoms with E-state index in [9.17, 15) is 4.79 Å². The first-order valence-electron chi connectivity index (χ1n) is 8.14. The smallest absolute Gasteiger partial charge is 0.277 e. The molecule has 2 aromatic rings. The number of ether oxygens (including phenoxy) is 3. The van der Waals surface area contributed by atoms with Crippen molar-refractivity contribution < 1.29 is 19.0 Å². The zero-order chi connectivity index (χ0) is 19.8. The Morgan fingerprint density at radius 2 is 2.00 bits per heavy atom. The van der Waals surface area contributed by atoms with E-state index in [0.29, 0.717) is 22.8 Å². The SMILES string of the molecule is COc1cccc(/C=N/NC(=O)COc2ccc(Br)cc2Br)c1OC(C)C. The van der Waals surface area contributed by atoms with E-state index in [0.717, 1.165) is 8.95 Å². The van der Waals surface area contributed by atoms with Crippen LogP contribution in [-0.4, -0.2) is 31.9 Å². The van der Waals surface area contributed by atoms with E-state index in [4.69, 9.17) is 14.2 Å². The zero-order valence-electron chi connectivity index (χ0n) is 15.2. The fourth-order valence-electron chi connectivity index (χ4n) is 2.10. The summed E-state index contributed by atoms with van der Waals surface area (Å²) in [7, 11) is 1.57. The number of halogens is 2. The number of nitrogens with one attached hydrogen (secondary N) is 1. The second-order valence-corrected chi connectivity index (χ2v) is 7.47. The third-order valence-electron chi connectivity index (χ3n) is 3.23. The minimum absolute atomic E-state index is 0.0270. The maximum absolute atomic E-state index is 11.9. The third kappa shape index (κ3) is 6.55. The van der Waals surface area contributed by atoms with Crippen molar-refractivity contribution in [3.8, 4) is 17.2 Å². The average Bonchev–Trinajstić information content (AvgIpc) is 2.61. The molecule has 6 nitrogen and oxygen atoms in total. The van der Waals surface area contributed by atoms with Crippen molar-refractivity contribution in [2.24, 2.45) is 5.10 Å². The van der Waals surface area contributed by atoms with Crippen molar-refractivity contribution >= 4 is 44.0 Å². The molecule has 0 bridgehead atoms. The Labute approximate surface area is 175 Å². The van der Waals surface area contributed by atoms with Crippen LogP contribution in [-0.2, 0) is 4.79 Å². The fourth-order valence-corrected chi connectivity index (χ4v) is 3.26. The van der Waals surface area contributed by atoms with Crippen molar-refractivity contribution in [3.05, 3.63) is 50.9 Å². The first-order valence-corrected chi connectivity index (χ1v) is 9.72. The molecule has 0 saturated heterocycles. The maximum Gasteiger partial charge on any atom is 0.277 e. The first-order chi connectivity index (χ1) is 12.9. The largest absolute Gasteiger partial charge is 0.493 e. The molecule has 27 heavy (non-hydrogen) atoms. The van der Waals surface area contributed by atoms with Crippen molar-refractivity contribution in [1.82, 2.24) is 5.43 Å². The summed E-state index contributed by atoms with van der Waals surface area (Å²) < 4.78 is 18.2. The molecule has 0 radical (unpaired) electrons. The van der Waals surface area contributed by atoms with E-state index < -0.39 is 0 Å². The number of carbonyl (C=O) groups is 1. The molecule has 0 unspecified atom stereocenters. The number of hydrazone groups is 1. The number of rotatable bonds is 8. The van der Waals surface area contributed by atoms with Gasteiger partial charge in [-0.3, -0.25) is 4.79 Å². The third-order valence-corrected chi connectivity index (χ3v) is 4.34. The van der Waals surface area contributed by atoms with Gasteiger partial charge in [-0.15, -0.1) is 0 Å². The van der Waals surface area contributed by atoms with Crippen molar-refractivity contribution in [2.75, 3.05) is 13.7 Å². The van der Waals surface area contributed by atoms with E-state index in [2.05, 4.69) is 42.4 Å². The molecular formula is C19H20Br2N2O4. The van der Waals surface area contributed by atoms with Gasteiger partial charge in [-0.1, -0.05) is 22.0 Å². The van der Waals surface area contributed by atoms with Gasteiger partial charge in [0.1, 0.15) is 5.75 Å². The Hall–Kier alpha value is -2.06. The van der Waals surface area contributed by atoms with Crippen LogP contribution in [0.3, 0.4) is 0 Å². The summed E-state index contributed by atoms with van der Waals surface area (Å²) in [5, 5.41) is 3.97. The van der Waals surface area contributed by atoms with Crippen LogP contribution in [0.25, 0.3) is 0 Å². The normalized spacial score (nSPS) is 10.9. The number of nitrogens with zero attached hydrogens (tertiary/aromatic N) is 1. The highest BCUT2D eigenvalue weighted by Gasteiger charge is 2.11. The quantitative estimate of drug-likeness (QED) is 0.427. The molecule has 0 aliphatic heterocycles. The number of amides is 1. The molecule has 0 atom stereocenters. The summed E-state index contributed by atoms with van der Waals surface area (Å²) in [5.74, 6) is 1.36. The lowest BCUT2D eigenvalue weighted by molar-refractivity contribution is -0.123. The second kappa shape index (κ2) is 10.3. The van der Waals surface area contributed by atoms with E-state index >= 15 is 0 Å². The molecular weight excluding hydrogens is 480 g/mol. The molecule has 144 valence electrons. The Kier molecular flexibility index (Phi) is 8.12. The summed E-state index contributed by atoms with van der Waals surface area (Å²) in [5.41, 5.74) is 3.13. The van der Waals surface area contributed by atoms with Crippen LogP contribution in [0.15, 0.2) is 50.4 Å². The van der Waals surface area contributed by atoms with Gasteiger partial charge in [-0.2, -0.15) is 5.10 Å². The summed E-state index contributed by atoms with van der Waals surface area (Å²) in [6.45, 7) is 3.69. The van der Waals surface area contributed by atoms with Gasteiger partial charge >= 0.3 is 0 Å². The average molecular weight is 500 g/mol. The Balaban J connectivity index is 1.97. The topological polar surface area (TPSA) is 69.2 Å². The second-order valence-electron chi connectivity index (χ2n) is 5.70. The molecule has 0 aliphatic rings. The first kappa shape index (κ1) is 21.2. The van der Waals surface area contributed by atoms with Crippen LogP contribution < -0.4 is 19.6 Å². The minimum Gasteiger partial charge on any atom is -0.493 e. The number of methoxy groups -OCH3 is 1. The molecule has 8 heteroatoms. The maximum atomic E-state index is 11.9. The summed E-state index contributed by atoms with van der Waals surface area (Å²) >= 11 is 6.74. The number of hydrogen-bond donors (Lipinski definition) is 1. The molecule has 0 fully saturated rings.